The summed E-state index contributed by atoms with van der Waals surface area (Å²) >= 11 is 0. The SMILES string of the molecule is Cc1cc(C)cc(NCC2CCCN2C(=O)OC(C)(C)C)c1. The van der Waals surface area contributed by atoms with Gasteiger partial charge in [0.05, 0.1) is 6.04 Å². The van der Waals surface area contributed by atoms with E-state index in [9.17, 15) is 4.79 Å². The molecule has 0 radical (unpaired) electrons. The number of benzene rings is 1. The third-order valence-corrected chi connectivity index (χ3v) is 3.77. The molecule has 1 aromatic carbocycles. The van der Waals surface area contributed by atoms with Gasteiger partial charge in [0.2, 0.25) is 0 Å². The summed E-state index contributed by atoms with van der Waals surface area (Å²) in [6.45, 7) is 11.5. The molecule has 1 fully saturated rings. The molecule has 1 atom stereocenters. The summed E-state index contributed by atoms with van der Waals surface area (Å²) in [5.41, 5.74) is 3.18. The van der Waals surface area contributed by atoms with Crippen LogP contribution in [0.25, 0.3) is 0 Å². The number of anilines is 1. The average molecular weight is 304 g/mol. The summed E-state index contributed by atoms with van der Waals surface area (Å²) in [6, 6.07) is 6.64. The number of ether oxygens (including phenoxy) is 1. The second-order valence-corrected chi connectivity index (χ2v) is 7.23. The molecule has 0 saturated carbocycles. The first-order valence-corrected chi connectivity index (χ1v) is 8.06. The van der Waals surface area contributed by atoms with Crippen molar-refractivity contribution in [2.45, 2.75) is 59.1 Å². The van der Waals surface area contributed by atoms with Crippen LogP contribution in [0.2, 0.25) is 0 Å². The van der Waals surface area contributed by atoms with Gasteiger partial charge in [-0.1, -0.05) is 6.07 Å². The van der Waals surface area contributed by atoms with E-state index < -0.39 is 5.60 Å². The second kappa shape index (κ2) is 6.59. The highest BCUT2D eigenvalue weighted by molar-refractivity contribution is 5.69. The zero-order chi connectivity index (χ0) is 16.3. The Labute approximate surface area is 133 Å². The van der Waals surface area contributed by atoms with Crippen LogP contribution < -0.4 is 5.32 Å². The van der Waals surface area contributed by atoms with E-state index in [1.165, 1.54) is 11.1 Å². The Bertz CT molecular complexity index is 514. The molecule has 1 aliphatic heterocycles. The highest BCUT2D eigenvalue weighted by Crippen LogP contribution is 2.22. The Kier molecular flexibility index (Phi) is 4.99. The maximum Gasteiger partial charge on any atom is 0.410 e. The Morgan fingerprint density at radius 1 is 1.27 bits per heavy atom. The van der Waals surface area contributed by atoms with Gasteiger partial charge in [-0.25, -0.2) is 4.79 Å². The quantitative estimate of drug-likeness (QED) is 0.913. The molecule has 1 amide bonds. The number of aryl methyl sites for hydroxylation is 2. The number of carbonyl (C=O) groups is 1. The normalized spacial score (nSPS) is 18.4. The predicted molar refractivity (Wildman–Crippen MR) is 90.4 cm³/mol. The molecule has 4 heteroatoms. The molecule has 1 heterocycles. The van der Waals surface area contributed by atoms with Crippen LogP contribution >= 0.6 is 0 Å². The first kappa shape index (κ1) is 16.7. The van der Waals surface area contributed by atoms with E-state index in [1.807, 2.05) is 25.7 Å². The number of hydrogen-bond acceptors (Lipinski definition) is 3. The molecular weight excluding hydrogens is 276 g/mol. The number of hydrogen-bond donors (Lipinski definition) is 1. The molecule has 22 heavy (non-hydrogen) atoms. The molecule has 1 N–H and O–H groups in total. The standard InChI is InChI=1S/C18H28N2O2/c1-13-9-14(2)11-15(10-13)19-12-16-7-6-8-20(16)17(21)22-18(3,4)5/h9-11,16,19H,6-8,12H2,1-5H3. The van der Waals surface area contributed by atoms with Crippen LogP contribution in [0, 0.1) is 13.8 Å². The van der Waals surface area contributed by atoms with Gasteiger partial charge in [-0.3, -0.25) is 0 Å². The van der Waals surface area contributed by atoms with Gasteiger partial charge in [-0.15, -0.1) is 0 Å². The molecule has 1 saturated heterocycles. The fraction of sp³-hybridized carbons (Fsp3) is 0.611. The summed E-state index contributed by atoms with van der Waals surface area (Å²) < 4.78 is 5.50. The van der Waals surface area contributed by atoms with Crippen LogP contribution in [0.15, 0.2) is 18.2 Å². The Balaban J connectivity index is 1.95. The van der Waals surface area contributed by atoms with Crippen molar-refractivity contribution in [2.75, 3.05) is 18.4 Å². The summed E-state index contributed by atoms with van der Waals surface area (Å²) in [5, 5.41) is 3.47. The van der Waals surface area contributed by atoms with Crippen molar-refractivity contribution in [3.8, 4) is 0 Å². The zero-order valence-corrected chi connectivity index (χ0v) is 14.4. The van der Waals surface area contributed by atoms with Crippen LogP contribution in [-0.2, 0) is 4.74 Å². The van der Waals surface area contributed by atoms with E-state index in [0.29, 0.717) is 0 Å². The minimum absolute atomic E-state index is 0.197. The molecule has 0 spiro atoms. The Morgan fingerprint density at radius 2 is 1.91 bits per heavy atom. The largest absolute Gasteiger partial charge is 0.444 e. The van der Waals surface area contributed by atoms with Crippen molar-refractivity contribution in [3.05, 3.63) is 29.3 Å². The average Bonchev–Trinajstić information content (AvgIpc) is 2.81. The van der Waals surface area contributed by atoms with Gasteiger partial charge in [0.25, 0.3) is 0 Å². The molecule has 1 aromatic rings. The molecule has 2 rings (SSSR count). The maximum atomic E-state index is 12.3. The lowest BCUT2D eigenvalue weighted by Crippen LogP contribution is -2.42. The van der Waals surface area contributed by atoms with Gasteiger partial charge >= 0.3 is 6.09 Å². The first-order chi connectivity index (χ1) is 10.2. The molecular formula is C18H28N2O2. The number of nitrogens with zero attached hydrogens (tertiary/aromatic N) is 1. The lowest BCUT2D eigenvalue weighted by molar-refractivity contribution is 0.0235. The number of rotatable bonds is 3. The highest BCUT2D eigenvalue weighted by atomic mass is 16.6. The van der Waals surface area contributed by atoms with Gasteiger partial charge in [0.1, 0.15) is 5.60 Å². The van der Waals surface area contributed by atoms with Crippen LogP contribution in [0.5, 0.6) is 0 Å². The minimum atomic E-state index is -0.439. The predicted octanol–water partition coefficient (Wildman–Crippen LogP) is 4.11. The minimum Gasteiger partial charge on any atom is -0.444 e. The zero-order valence-electron chi connectivity index (χ0n) is 14.4. The number of carbonyl (C=O) groups excluding carboxylic acids is 1. The van der Waals surface area contributed by atoms with Crippen LogP contribution in [0.1, 0.15) is 44.7 Å². The number of nitrogens with one attached hydrogen (secondary N) is 1. The van der Waals surface area contributed by atoms with Crippen molar-refractivity contribution < 1.29 is 9.53 Å². The van der Waals surface area contributed by atoms with Crippen molar-refractivity contribution in [1.82, 2.24) is 4.90 Å². The monoisotopic (exact) mass is 304 g/mol. The lowest BCUT2D eigenvalue weighted by Gasteiger charge is -2.29. The molecule has 1 unspecified atom stereocenters. The fourth-order valence-electron chi connectivity index (χ4n) is 2.92. The van der Waals surface area contributed by atoms with E-state index in [4.69, 9.17) is 4.74 Å². The van der Waals surface area contributed by atoms with Crippen molar-refractivity contribution in [2.24, 2.45) is 0 Å². The molecule has 0 bridgehead atoms. The Hall–Kier alpha value is -1.71. The van der Waals surface area contributed by atoms with Crippen molar-refractivity contribution >= 4 is 11.8 Å². The smallest absolute Gasteiger partial charge is 0.410 e. The fourth-order valence-corrected chi connectivity index (χ4v) is 2.92. The summed E-state index contributed by atoms with van der Waals surface area (Å²) in [6.07, 6.45) is 1.87. The van der Waals surface area contributed by atoms with E-state index in [2.05, 4.69) is 37.4 Å². The van der Waals surface area contributed by atoms with Crippen molar-refractivity contribution in [1.29, 1.82) is 0 Å². The molecule has 1 aliphatic rings. The highest BCUT2D eigenvalue weighted by Gasteiger charge is 2.31. The van der Waals surface area contributed by atoms with Gasteiger partial charge in [-0.05, 0) is 70.7 Å². The third kappa shape index (κ3) is 4.65. The van der Waals surface area contributed by atoms with E-state index in [1.54, 1.807) is 0 Å². The van der Waals surface area contributed by atoms with Crippen LogP contribution in [0.4, 0.5) is 10.5 Å². The summed E-state index contributed by atoms with van der Waals surface area (Å²) in [4.78, 5) is 14.1. The second-order valence-electron chi connectivity index (χ2n) is 7.23. The maximum absolute atomic E-state index is 12.3. The molecule has 0 aromatic heterocycles. The lowest BCUT2D eigenvalue weighted by atomic mass is 10.1. The number of amides is 1. The van der Waals surface area contributed by atoms with Crippen LogP contribution in [-0.4, -0.2) is 35.7 Å². The molecule has 122 valence electrons. The van der Waals surface area contributed by atoms with Crippen LogP contribution in [0.3, 0.4) is 0 Å². The van der Waals surface area contributed by atoms with Crippen molar-refractivity contribution in [3.63, 3.8) is 0 Å². The van der Waals surface area contributed by atoms with E-state index in [-0.39, 0.29) is 12.1 Å². The topological polar surface area (TPSA) is 41.6 Å². The van der Waals surface area contributed by atoms with Gasteiger partial charge in [0.15, 0.2) is 0 Å². The Morgan fingerprint density at radius 3 is 2.50 bits per heavy atom. The summed E-state index contributed by atoms with van der Waals surface area (Å²) in [7, 11) is 0. The summed E-state index contributed by atoms with van der Waals surface area (Å²) in [5.74, 6) is 0. The van der Waals surface area contributed by atoms with Gasteiger partial charge in [-0.2, -0.15) is 0 Å². The van der Waals surface area contributed by atoms with Gasteiger partial charge in [0, 0.05) is 18.8 Å². The van der Waals surface area contributed by atoms with Gasteiger partial charge < -0.3 is 15.0 Å². The van der Waals surface area contributed by atoms with E-state index >= 15 is 0 Å². The molecule has 0 aliphatic carbocycles. The molecule has 4 nitrogen and oxygen atoms in total. The van der Waals surface area contributed by atoms with E-state index in [0.717, 1.165) is 31.6 Å². The first-order valence-electron chi connectivity index (χ1n) is 8.06. The number of likely N-dealkylation sites (tertiary alicyclic amines) is 1. The third-order valence-electron chi connectivity index (χ3n) is 3.77.